The zero-order valence-corrected chi connectivity index (χ0v) is 9.00. The third-order valence-corrected chi connectivity index (χ3v) is 2.45. The molecule has 2 rings (SSSR count). The maximum absolute atomic E-state index is 13.7. The number of alkyl halides is 2. The Morgan fingerprint density at radius 1 is 1.06 bits per heavy atom. The summed E-state index contributed by atoms with van der Waals surface area (Å²) < 4.78 is 51.2. The van der Waals surface area contributed by atoms with Crippen molar-refractivity contribution in [1.82, 2.24) is 4.98 Å². The molecule has 0 unspecified atom stereocenters. The molecule has 0 aliphatic heterocycles. The highest BCUT2D eigenvalue weighted by Gasteiger charge is 2.14. The van der Waals surface area contributed by atoms with Gasteiger partial charge in [0.25, 0.3) is 6.43 Å². The minimum atomic E-state index is -2.69. The Kier molecular flexibility index (Phi) is 3.18. The third kappa shape index (κ3) is 2.13. The minimum absolute atomic E-state index is 0.0159. The van der Waals surface area contributed by atoms with Crippen molar-refractivity contribution >= 4 is 5.69 Å². The van der Waals surface area contributed by atoms with Crippen molar-refractivity contribution in [3.05, 3.63) is 47.8 Å². The number of hydrogen-bond acceptors (Lipinski definition) is 2. The summed E-state index contributed by atoms with van der Waals surface area (Å²) in [5, 5.41) is 0. The molecule has 2 N–H and O–H groups in total. The van der Waals surface area contributed by atoms with Gasteiger partial charge in [0.1, 0.15) is 17.2 Å². The summed E-state index contributed by atoms with van der Waals surface area (Å²) >= 11 is 0. The Morgan fingerprint density at radius 2 is 1.78 bits per heavy atom. The summed E-state index contributed by atoms with van der Waals surface area (Å²) in [6.45, 7) is 0. The van der Waals surface area contributed by atoms with Gasteiger partial charge >= 0.3 is 0 Å². The number of hydrogen-bond donors (Lipinski definition) is 1. The molecule has 0 radical (unpaired) electrons. The van der Waals surface area contributed by atoms with Crippen molar-refractivity contribution in [2.24, 2.45) is 0 Å². The van der Waals surface area contributed by atoms with E-state index in [1.54, 1.807) is 0 Å². The van der Waals surface area contributed by atoms with Gasteiger partial charge in [-0.3, -0.25) is 4.98 Å². The Bertz CT molecular complexity index is 567. The summed E-state index contributed by atoms with van der Waals surface area (Å²) in [5.74, 6) is -1.80. The molecule has 6 heteroatoms. The fraction of sp³-hybridized carbons (Fsp3) is 0.0833. The predicted octanol–water partition coefficient (Wildman–Crippen LogP) is 3.55. The second kappa shape index (κ2) is 4.64. The SMILES string of the molecule is Nc1c(F)ccc(-c2ccc(C(F)F)nc2)c1F. The van der Waals surface area contributed by atoms with Crippen LogP contribution in [0.2, 0.25) is 0 Å². The minimum Gasteiger partial charge on any atom is -0.394 e. The lowest BCUT2D eigenvalue weighted by molar-refractivity contribution is 0.146. The molecule has 18 heavy (non-hydrogen) atoms. The fourth-order valence-corrected chi connectivity index (χ4v) is 1.49. The second-order valence-corrected chi connectivity index (χ2v) is 3.60. The second-order valence-electron chi connectivity index (χ2n) is 3.60. The van der Waals surface area contributed by atoms with Crippen LogP contribution in [0.5, 0.6) is 0 Å². The average Bonchev–Trinajstić information content (AvgIpc) is 2.36. The molecule has 0 fully saturated rings. The number of rotatable bonds is 2. The van der Waals surface area contributed by atoms with Crippen molar-refractivity contribution < 1.29 is 17.6 Å². The topological polar surface area (TPSA) is 38.9 Å². The average molecular weight is 256 g/mol. The number of halogens is 4. The monoisotopic (exact) mass is 256 g/mol. The van der Waals surface area contributed by atoms with E-state index in [-0.39, 0.29) is 11.1 Å². The van der Waals surface area contributed by atoms with E-state index >= 15 is 0 Å². The Morgan fingerprint density at radius 3 is 2.33 bits per heavy atom. The highest BCUT2D eigenvalue weighted by Crippen LogP contribution is 2.28. The van der Waals surface area contributed by atoms with E-state index in [9.17, 15) is 17.6 Å². The highest BCUT2D eigenvalue weighted by atomic mass is 19.3. The first-order chi connectivity index (χ1) is 8.50. The quantitative estimate of drug-likeness (QED) is 0.659. The van der Waals surface area contributed by atoms with Crippen LogP contribution in [0.25, 0.3) is 11.1 Å². The first kappa shape index (κ1) is 12.3. The number of anilines is 1. The molecule has 94 valence electrons. The molecular formula is C12H8F4N2. The predicted molar refractivity (Wildman–Crippen MR) is 59.0 cm³/mol. The molecular weight excluding hydrogens is 248 g/mol. The zero-order chi connectivity index (χ0) is 13.3. The molecule has 0 spiro atoms. The van der Waals surface area contributed by atoms with Crippen LogP contribution in [0, 0.1) is 11.6 Å². The van der Waals surface area contributed by atoms with Crippen LogP contribution >= 0.6 is 0 Å². The summed E-state index contributed by atoms with van der Waals surface area (Å²) in [6, 6.07) is 4.55. The number of pyridine rings is 1. The number of aromatic nitrogens is 1. The first-order valence-electron chi connectivity index (χ1n) is 4.98. The fourth-order valence-electron chi connectivity index (χ4n) is 1.49. The van der Waals surface area contributed by atoms with Gasteiger partial charge in [0, 0.05) is 17.3 Å². The molecule has 0 bridgehead atoms. The van der Waals surface area contributed by atoms with Gasteiger partial charge in [-0.05, 0) is 18.2 Å². The molecule has 2 nitrogen and oxygen atoms in total. The van der Waals surface area contributed by atoms with Crippen molar-refractivity contribution in [1.29, 1.82) is 0 Å². The lowest BCUT2D eigenvalue weighted by atomic mass is 10.1. The van der Waals surface area contributed by atoms with E-state index in [4.69, 9.17) is 5.73 Å². The van der Waals surface area contributed by atoms with Gasteiger partial charge in [0.2, 0.25) is 0 Å². The van der Waals surface area contributed by atoms with E-state index in [1.165, 1.54) is 12.1 Å². The molecule has 1 heterocycles. The van der Waals surface area contributed by atoms with Gasteiger partial charge in [-0.1, -0.05) is 6.07 Å². The molecule has 0 atom stereocenters. The normalized spacial score (nSPS) is 10.9. The molecule has 0 amide bonds. The Hall–Kier alpha value is -2.11. The third-order valence-electron chi connectivity index (χ3n) is 2.45. The lowest BCUT2D eigenvalue weighted by Gasteiger charge is -2.07. The van der Waals surface area contributed by atoms with Crippen LogP contribution in [0.3, 0.4) is 0 Å². The van der Waals surface area contributed by atoms with E-state index in [0.29, 0.717) is 0 Å². The van der Waals surface area contributed by atoms with Gasteiger partial charge < -0.3 is 5.73 Å². The number of nitrogens with two attached hydrogens (primary N) is 1. The Balaban J connectivity index is 2.46. The summed E-state index contributed by atoms with van der Waals surface area (Å²) in [6.07, 6.45) is -1.60. The van der Waals surface area contributed by atoms with E-state index in [1.807, 2.05) is 0 Å². The highest BCUT2D eigenvalue weighted by molar-refractivity contribution is 5.68. The van der Waals surface area contributed by atoms with Crippen LogP contribution < -0.4 is 5.73 Å². The molecule has 0 saturated carbocycles. The maximum atomic E-state index is 13.7. The van der Waals surface area contributed by atoms with Crippen LogP contribution in [-0.4, -0.2) is 4.98 Å². The number of nitrogen functional groups attached to an aromatic ring is 1. The van der Waals surface area contributed by atoms with Crippen LogP contribution in [-0.2, 0) is 0 Å². The molecule has 1 aromatic heterocycles. The summed E-state index contributed by atoms with van der Waals surface area (Å²) in [5.41, 5.74) is 4.46. The van der Waals surface area contributed by atoms with Crippen molar-refractivity contribution in [2.45, 2.75) is 6.43 Å². The largest absolute Gasteiger partial charge is 0.394 e. The number of nitrogens with zero attached hydrogens (tertiary/aromatic N) is 1. The zero-order valence-electron chi connectivity index (χ0n) is 9.00. The van der Waals surface area contributed by atoms with E-state index < -0.39 is 29.4 Å². The molecule has 1 aromatic carbocycles. The molecule has 2 aromatic rings. The maximum Gasteiger partial charge on any atom is 0.280 e. The lowest BCUT2D eigenvalue weighted by Crippen LogP contribution is -1.98. The van der Waals surface area contributed by atoms with Crippen LogP contribution in [0.1, 0.15) is 12.1 Å². The molecule has 0 saturated heterocycles. The van der Waals surface area contributed by atoms with Crippen LogP contribution in [0.15, 0.2) is 30.5 Å². The van der Waals surface area contributed by atoms with Crippen molar-refractivity contribution in [3.8, 4) is 11.1 Å². The van der Waals surface area contributed by atoms with E-state index in [0.717, 1.165) is 18.3 Å². The number of benzene rings is 1. The van der Waals surface area contributed by atoms with Crippen LogP contribution in [0.4, 0.5) is 23.2 Å². The molecule has 0 aliphatic rings. The van der Waals surface area contributed by atoms with Crippen molar-refractivity contribution in [2.75, 3.05) is 5.73 Å². The van der Waals surface area contributed by atoms with Gasteiger partial charge in [-0.2, -0.15) is 0 Å². The van der Waals surface area contributed by atoms with Crippen molar-refractivity contribution in [3.63, 3.8) is 0 Å². The van der Waals surface area contributed by atoms with Gasteiger partial charge in [-0.15, -0.1) is 0 Å². The van der Waals surface area contributed by atoms with E-state index in [2.05, 4.69) is 4.98 Å². The standard InChI is InChI=1S/C12H8F4N2/c13-8-3-2-7(10(14)11(8)17)6-1-4-9(12(15)16)18-5-6/h1-5,12H,17H2. The van der Waals surface area contributed by atoms with Gasteiger partial charge in [0.05, 0.1) is 0 Å². The molecule has 0 aliphatic carbocycles. The van der Waals surface area contributed by atoms with Gasteiger partial charge in [0.15, 0.2) is 5.82 Å². The smallest absolute Gasteiger partial charge is 0.280 e. The Labute approximate surface area is 100 Å². The summed E-state index contributed by atoms with van der Waals surface area (Å²) in [4.78, 5) is 3.50. The first-order valence-corrected chi connectivity index (χ1v) is 4.98. The summed E-state index contributed by atoms with van der Waals surface area (Å²) in [7, 11) is 0. The van der Waals surface area contributed by atoms with Gasteiger partial charge in [-0.25, -0.2) is 17.6 Å².